The highest BCUT2D eigenvalue weighted by Crippen LogP contribution is 2.36. The molecule has 1 saturated carbocycles. The van der Waals surface area contributed by atoms with E-state index in [2.05, 4.69) is 14.8 Å². The Bertz CT molecular complexity index is 1380. The minimum Gasteiger partial charge on any atom is -0.327 e. The van der Waals surface area contributed by atoms with Gasteiger partial charge in [-0.2, -0.15) is 0 Å². The fourth-order valence-electron chi connectivity index (χ4n) is 6.36. The van der Waals surface area contributed by atoms with Gasteiger partial charge in [0.25, 0.3) is 0 Å². The summed E-state index contributed by atoms with van der Waals surface area (Å²) in [5, 5.41) is 0. The second kappa shape index (κ2) is 9.79. The maximum absolute atomic E-state index is 15.3. The summed E-state index contributed by atoms with van der Waals surface area (Å²) < 4.78 is 40.9. The molecule has 0 bridgehead atoms. The van der Waals surface area contributed by atoms with Crippen LogP contribution in [0.3, 0.4) is 0 Å². The van der Waals surface area contributed by atoms with Crippen molar-refractivity contribution in [3.63, 3.8) is 0 Å². The summed E-state index contributed by atoms with van der Waals surface area (Å²) >= 11 is 0. The lowest BCUT2D eigenvalue weighted by Crippen LogP contribution is -2.47. The first-order valence-corrected chi connectivity index (χ1v) is 15.6. The van der Waals surface area contributed by atoms with Crippen molar-refractivity contribution in [1.82, 2.24) is 19.4 Å². The molecular weight excluding hydrogens is 487 g/mol. The second-order valence-electron chi connectivity index (χ2n) is 11.4. The fourth-order valence-corrected chi connectivity index (χ4v) is 6.99. The van der Waals surface area contributed by atoms with Crippen molar-refractivity contribution >= 4 is 20.9 Å². The Morgan fingerprint density at radius 2 is 1.62 bits per heavy atom. The Balaban J connectivity index is 1.15. The van der Waals surface area contributed by atoms with Crippen LogP contribution in [0.1, 0.15) is 50.0 Å². The average molecular weight is 525 g/mol. The topological polar surface area (TPSA) is 58.4 Å². The number of imidazole rings is 1. The smallest absolute Gasteiger partial charge is 0.175 e. The molecule has 2 saturated heterocycles. The highest BCUT2D eigenvalue weighted by atomic mass is 32.2. The zero-order valence-electron chi connectivity index (χ0n) is 21.9. The highest BCUT2D eigenvalue weighted by molar-refractivity contribution is 7.90. The van der Waals surface area contributed by atoms with Crippen molar-refractivity contribution in [3.8, 4) is 11.4 Å². The van der Waals surface area contributed by atoms with Crippen LogP contribution in [0.2, 0.25) is 0 Å². The number of piperidine rings is 2. The Hall–Kier alpha value is -2.29. The summed E-state index contributed by atoms with van der Waals surface area (Å²) in [5.74, 6) is 1.73. The van der Waals surface area contributed by atoms with E-state index in [1.54, 1.807) is 30.3 Å². The molecule has 0 radical (unpaired) electrons. The molecule has 3 aliphatic rings. The van der Waals surface area contributed by atoms with Crippen molar-refractivity contribution in [2.75, 3.05) is 39.0 Å². The lowest BCUT2D eigenvalue weighted by atomic mass is 9.87. The average Bonchev–Trinajstić information content (AvgIpc) is 3.65. The van der Waals surface area contributed by atoms with E-state index >= 15 is 4.39 Å². The summed E-state index contributed by atoms with van der Waals surface area (Å²) in [5.41, 5.74) is 3.14. The SMILES string of the molecule is Cn1c(-c2ccc(S(C)(=O)=O)cc2)nc2cc(F)c(C3CCN(C4CCN(CC5CC5)CC4)CC3)cc21. The first-order valence-electron chi connectivity index (χ1n) is 13.7. The van der Waals surface area contributed by atoms with Crippen LogP contribution in [0.25, 0.3) is 22.4 Å². The van der Waals surface area contributed by atoms with Gasteiger partial charge in [0.15, 0.2) is 9.84 Å². The van der Waals surface area contributed by atoms with Crippen LogP contribution in [0.5, 0.6) is 0 Å². The fraction of sp³-hybridized carbons (Fsp3) is 0.552. The number of hydrogen-bond donors (Lipinski definition) is 0. The third-order valence-corrected chi connectivity index (χ3v) is 9.92. The van der Waals surface area contributed by atoms with E-state index < -0.39 is 9.84 Å². The van der Waals surface area contributed by atoms with E-state index in [-0.39, 0.29) is 16.6 Å². The first kappa shape index (κ1) is 25.0. The maximum Gasteiger partial charge on any atom is 0.175 e. The zero-order chi connectivity index (χ0) is 25.7. The van der Waals surface area contributed by atoms with Crippen LogP contribution in [0, 0.1) is 11.7 Å². The van der Waals surface area contributed by atoms with Gasteiger partial charge in [0, 0.05) is 37.5 Å². The minimum absolute atomic E-state index is 0.170. The molecule has 3 heterocycles. The van der Waals surface area contributed by atoms with Crippen LogP contribution >= 0.6 is 0 Å². The van der Waals surface area contributed by atoms with E-state index in [9.17, 15) is 8.42 Å². The van der Waals surface area contributed by atoms with Crippen LogP contribution < -0.4 is 0 Å². The van der Waals surface area contributed by atoms with Crippen molar-refractivity contribution < 1.29 is 12.8 Å². The summed E-state index contributed by atoms with van der Waals surface area (Å²) in [4.78, 5) is 10.3. The lowest BCUT2D eigenvalue weighted by Gasteiger charge is -2.42. The standard InChI is InChI=1S/C29H37FN4O2S/c1-32-28-17-25(21-9-15-34(16-10-21)23-11-13-33(14-12-23)19-20-3-4-20)26(30)18-27(28)31-29(32)22-5-7-24(8-6-22)37(2,35)36/h5-8,17-18,20-21,23H,3-4,9-16,19H2,1-2H3. The maximum atomic E-state index is 15.3. The van der Waals surface area contributed by atoms with Crippen LogP contribution in [-0.4, -0.2) is 72.8 Å². The van der Waals surface area contributed by atoms with Gasteiger partial charge in [-0.1, -0.05) is 0 Å². The van der Waals surface area contributed by atoms with Gasteiger partial charge in [0.1, 0.15) is 11.6 Å². The molecule has 3 fully saturated rings. The predicted octanol–water partition coefficient (Wildman–Crippen LogP) is 4.84. The van der Waals surface area contributed by atoms with Crippen molar-refractivity contribution in [1.29, 1.82) is 0 Å². The van der Waals surface area contributed by atoms with Gasteiger partial charge >= 0.3 is 0 Å². The summed E-state index contributed by atoms with van der Waals surface area (Å²) in [6, 6.07) is 11.0. The number of fused-ring (bicyclic) bond motifs is 1. The number of hydrogen-bond acceptors (Lipinski definition) is 5. The Labute approximate surface area is 219 Å². The molecule has 1 aromatic heterocycles. The molecule has 37 heavy (non-hydrogen) atoms. The molecule has 198 valence electrons. The van der Waals surface area contributed by atoms with Crippen LogP contribution in [-0.2, 0) is 16.9 Å². The summed E-state index contributed by atoms with van der Waals surface area (Å²) in [6.07, 6.45) is 8.55. The van der Waals surface area contributed by atoms with Gasteiger partial charge in [0.2, 0.25) is 0 Å². The summed E-state index contributed by atoms with van der Waals surface area (Å²) in [7, 11) is -1.32. The third-order valence-electron chi connectivity index (χ3n) is 8.80. The van der Waals surface area contributed by atoms with E-state index in [0.717, 1.165) is 48.5 Å². The van der Waals surface area contributed by atoms with E-state index in [1.807, 2.05) is 17.7 Å². The van der Waals surface area contributed by atoms with Crippen molar-refractivity contribution in [2.45, 2.75) is 55.4 Å². The molecule has 0 spiro atoms. The third kappa shape index (κ3) is 5.20. The minimum atomic E-state index is -3.26. The number of sulfone groups is 1. The number of rotatable bonds is 6. The molecule has 0 amide bonds. The highest BCUT2D eigenvalue weighted by Gasteiger charge is 2.32. The van der Waals surface area contributed by atoms with Gasteiger partial charge in [-0.3, -0.25) is 0 Å². The van der Waals surface area contributed by atoms with E-state index in [1.165, 1.54) is 51.6 Å². The van der Waals surface area contributed by atoms with Crippen LogP contribution in [0.4, 0.5) is 4.39 Å². The van der Waals surface area contributed by atoms with Gasteiger partial charge in [-0.15, -0.1) is 0 Å². The van der Waals surface area contributed by atoms with Crippen molar-refractivity contribution in [2.24, 2.45) is 13.0 Å². The number of likely N-dealkylation sites (tertiary alicyclic amines) is 2. The number of nitrogens with zero attached hydrogens (tertiary/aromatic N) is 4. The molecule has 0 atom stereocenters. The molecule has 3 aromatic rings. The molecule has 2 aliphatic heterocycles. The zero-order valence-corrected chi connectivity index (χ0v) is 22.7. The number of halogens is 1. The molecule has 8 heteroatoms. The van der Waals surface area contributed by atoms with Gasteiger partial charge in [0.05, 0.1) is 15.9 Å². The Kier molecular flexibility index (Phi) is 6.62. The first-order chi connectivity index (χ1) is 17.8. The van der Waals surface area contributed by atoms with Crippen LogP contribution in [0.15, 0.2) is 41.3 Å². The molecular formula is C29H37FN4O2S. The van der Waals surface area contributed by atoms with Gasteiger partial charge in [-0.05, 0) is 112 Å². The number of aromatic nitrogens is 2. The normalized spacial score (nSPS) is 21.2. The predicted molar refractivity (Wildman–Crippen MR) is 145 cm³/mol. The monoisotopic (exact) mass is 524 g/mol. The van der Waals surface area contributed by atoms with Gasteiger partial charge in [-0.25, -0.2) is 17.8 Å². The summed E-state index contributed by atoms with van der Waals surface area (Å²) in [6.45, 7) is 5.84. The van der Waals surface area contributed by atoms with Crippen molar-refractivity contribution in [3.05, 3.63) is 47.8 Å². The molecule has 1 aliphatic carbocycles. The van der Waals surface area contributed by atoms with E-state index in [0.29, 0.717) is 17.4 Å². The molecule has 6 rings (SSSR count). The lowest BCUT2D eigenvalue weighted by molar-refractivity contribution is 0.0852. The number of aryl methyl sites for hydroxylation is 1. The Morgan fingerprint density at radius 1 is 0.946 bits per heavy atom. The van der Waals surface area contributed by atoms with Gasteiger partial charge < -0.3 is 14.4 Å². The second-order valence-corrected chi connectivity index (χ2v) is 13.5. The molecule has 0 unspecified atom stereocenters. The molecule has 0 N–H and O–H groups in total. The number of benzene rings is 2. The Morgan fingerprint density at radius 3 is 2.24 bits per heavy atom. The van der Waals surface area contributed by atoms with E-state index in [4.69, 9.17) is 0 Å². The molecule has 2 aromatic carbocycles. The molecule has 6 nitrogen and oxygen atoms in total. The quantitative estimate of drug-likeness (QED) is 0.462. The largest absolute Gasteiger partial charge is 0.327 e.